The largest absolute Gasteiger partial charge is 0.488 e. The van der Waals surface area contributed by atoms with Gasteiger partial charge in [-0.3, -0.25) is 0 Å². The molecule has 3 rings (SSSR count). The molecule has 0 spiro atoms. The van der Waals surface area contributed by atoms with Gasteiger partial charge in [-0.25, -0.2) is 4.39 Å². The van der Waals surface area contributed by atoms with Crippen molar-refractivity contribution in [1.82, 2.24) is 4.90 Å². The number of likely N-dealkylation sites (N-methyl/N-ethyl adjacent to an activating group) is 1. The average molecular weight is 327 g/mol. The Kier molecular flexibility index (Phi) is 4.91. The molecule has 0 fully saturated rings. The molecule has 1 aliphatic heterocycles. The summed E-state index contributed by atoms with van der Waals surface area (Å²) in [5, 5.41) is 0. The van der Waals surface area contributed by atoms with Crippen LogP contribution in [0.4, 0.5) is 4.39 Å². The van der Waals surface area contributed by atoms with Gasteiger partial charge in [0.15, 0.2) is 0 Å². The molecule has 0 radical (unpaired) electrons. The van der Waals surface area contributed by atoms with E-state index in [-0.39, 0.29) is 11.9 Å². The number of benzene rings is 2. The van der Waals surface area contributed by atoms with Crippen LogP contribution in [0.2, 0.25) is 0 Å². The second-order valence-corrected chi connectivity index (χ2v) is 6.62. The summed E-state index contributed by atoms with van der Waals surface area (Å²) in [4.78, 5) is 2.35. The summed E-state index contributed by atoms with van der Waals surface area (Å²) >= 11 is 0. The Morgan fingerprint density at radius 1 is 1.12 bits per heavy atom. The van der Waals surface area contributed by atoms with Crippen LogP contribution in [-0.2, 0) is 6.42 Å². The van der Waals surface area contributed by atoms with Crippen molar-refractivity contribution in [2.24, 2.45) is 0 Å². The molecular formula is C21H26FNO. The summed E-state index contributed by atoms with van der Waals surface area (Å²) in [5.41, 5.74) is 5.33. The first kappa shape index (κ1) is 17.0. The van der Waals surface area contributed by atoms with E-state index in [9.17, 15) is 4.39 Å². The highest BCUT2D eigenvalue weighted by atomic mass is 19.1. The van der Waals surface area contributed by atoms with Crippen molar-refractivity contribution in [1.29, 1.82) is 0 Å². The Bertz CT molecular complexity index is 737. The van der Waals surface area contributed by atoms with Gasteiger partial charge in [-0.05, 0) is 55.8 Å². The highest BCUT2D eigenvalue weighted by molar-refractivity contribution is 5.76. The molecule has 0 amide bonds. The molecule has 24 heavy (non-hydrogen) atoms. The smallest absolute Gasteiger partial charge is 0.131 e. The molecule has 0 N–H and O–H groups in total. The first-order chi connectivity index (χ1) is 11.5. The third-order valence-corrected chi connectivity index (χ3v) is 5.11. The van der Waals surface area contributed by atoms with E-state index in [1.807, 2.05) is 6.07 Å². The van der Waals surface area contributed by atoms with Gasteiger partial charge in [0.05, 0.1) is 0 Å². The highest BCUT2D eigenvalue weighted by Gasteiger charge is 2.28. The molecule has 1 atom stereocenters. The lowest BCUT2D eigenvalue weighted by atomic mass is 9.94. The molecule has 2 nitrogen and oxygen atoms in total. The molecule has 1 heterocycles. The lowest BCUT2D eigenvalue weighted by Gasteiger charge is -2.22. The van der Waals surface area contributed by atoms with Gasteiger partial charge in [0.25, 0.3) is 0 Å². The molecule has 0 aliphatic carbocycles. The van der Waals surface area contributed by atoms with Crippen LogP contribution in [0.5, 0.6) is 5.75 Å². The minimum atomic E-state index is -0.184. The highest BCUT2D eigenvalue weighted by Crippen LogP contribution is 2.41. The molecule has 0 bridgehead atoms. The minimum Gasteiger partial charge on any atom is -0.488 e. The van der Waals surface area contributed by atoms with E-state index in [1.54, 1.807) is 12.1 Å². The van der Waals surface area contributed by atoms with E-state index in [2.05, 4.69) is 44.7 Å². The molecule has 0 saturated heterocycles. The number of hydrogen-bond donors (Lipinski definition) is 0. The number of ether oxygens (including phenoxy) is 1. The van der Waals surface area contributed by atoms with Crippen LogP contribution in [-0.4, -0.2) is 30.6 Å². The van der Waals surface area contributed by atoms with Gasteiger partial charge >= 0.3 is 0 Å². The third-order valence-electron chi connectivity index (χ3n) is 5.11. The maximum atomic E-state index is 14.2. The summed E-state index contributed by atoms with van der Waals surface area (Å²) in [6.45, 7) is 11.4. The van der Waals surface area contributed by atoms with Crippen molar-refractivity contribution in [3.05, 3.63) is 52.8 Å². The molecule has 2 aromatic rings. The van der Waals surface area contributed by atoms with Crippen LogP contribution in [0.25, 0.3) is 11.1 Å². The fourth-order valence-electron chi connectivity index (χ4n) is 3.51. The van der Waals surface area contributed by atoms with Crippen LogP contribution >= 0.6 is 0 Å². The molecule has 0 saturated carbocycles. The molecule has 0 aromatic heterocycles. The van der Waals surface area contributed by atoms with E-state index in [0.29, 0.717) is 0 Å². The first-order valence-corrected chi connectivity index (χ1v) is 8.81. The van der Waals surface area contributed by atoms with Gasteiger partial charge in [-0.1, -0.05) is 32.0 Å². The molecule has 2 aromatic carbocycles. The lowest BCUT2D eigenvalue weighted by molar-refractivity contribution is 0.159. The first-order valence-electron chi connectivity index (χ1n) is 8.81. The third kappa shape index (κ3) is 3.18. The SMILES string of the molecule is CCN(CC)CC1Cc2cc(F)cc(-c3cccc(C)c3C)c2O1. The lowest BCUT2D eigenvalue weighted by Crippen LogP contribution is -2.34. The quantitative estimate of drug-likeness (QED) is 0.785. The number of aryl methyl sites for hydroxylation is 1. The minimum absolute atomic E-state index is 0.102. The van der Waals surface area contributed by atoms with Crippen LogP contribution < -0.4 is 4.74 Å². The summed E-state index contributed by atoms with van der Waals surface area (Å²) in [7, 11) is 0. The zero-order valence-electron chi connectivity index (χ0n) is 15.0. The predicted octanol–water partition coefficient (Wildman–Crippen LogP) is 4.75. The van der Waals surface area contributed by atoms with Crippen molar-refractivity contribution >= 4 is 0 Å². The summed E-state index contributed by atoms with van der Waals surface area (Å²) in [5.74, 6) is 0.680. The average Bonchev–Trinajstić information content (AvgIpc) is 2.96. The van der Waals surface area contributed by atoms with E-state index >= 15 is 0 Å². The summed E-state index contributed by atoms with van der Waals surface area (Å²) < 4.78 is 20.5. The van der Waals surface area contributed by atoms with E-state index in [0.717, 1.165) is 48.5 Å². The van der Waals surface area contributed by atoms with E-state index in [4.69, 9.17) is 4.74 Å². The number of rotatable bonds is 5. The second-order valence-electron chi connectivity index (χ2n) is 6.62. The van der Waals surface area contributed by atoms with Gasteiger partial charge in [0, 0.05) is 24.1 Å². The maximum absolute atomic E-state index is 14.2. The standard InChI is InChI=1S/C21H26FNO/c1-5-23(6-2)13-18-11-16-10-17(22)12-20(21(16)24-18)19-9-7-8-14(3)15(19)4/h7-10,12,18H,5-6,11,13H2,1-4H3. The molecule has 1 aliphatic rings. The molecular weight excluding hydrogens is 301 g/mol. The number of fused-ring (bicyclic) bond motifs is 1. The fraction of sp³-hybridized carbons (Fsp3) is 0.429. The predicted molar refractivity (Wildman–Crippen MR) is 97.2 cm³/mol. The number of halogens is 1. The van der Waals surface area contributed by atoms with Crippen molar-refractivity contribution in [3.63, 3.8) is 0 Å². The van der Waals surface area contributed by atoms with E-state index < -0.39 is 0 Å². The summed E-state index contributed by atoms with van der Waals surface area (Å²) in [6.07, 6.45) is 0.882. The van der Waals surface area contributed by atoms with Crippen LogP contribution in [0, 0.1) is 19.7 Å². The topological polar surface area (TPSA) is 12.5 Å². The fourth-order valence-corrected chi connectivity index (χ4v) is 3.51. The van der Waals surface area contributed by atoms with Crippen LogP contribution in [0.1, 0.15) is 30.5 Å². The van der Waals surface area contributed by atoms with Gasteiger partial charge in [0.2, 0.25) is 0 Å². The Labute approximate surface area is 144 Å². The molecule has 128 valence electrons. The van der Waals surface area contributed by atoms with Crippen LogP contribution in [0.15, 0.2) is 30.3 Å². The Morgan fingerprint density at radius 3 is 2.58 bits per heavy atom. The Balaban J connectivity index is 1.97. The Morgan fingerprint density at radius 2 is 1.88 bits per heavy atom. The van der Waals surface area contributed by atoms with Crippen molar-refractivity contribution in [2.75, 3.05) is 19.6 Å². The van der Waals surface area contributed by atoms with Crippen molar-refractivity contribution in [2.45, 2.75) is 40.2 Å². The van der Waals surface area contributed by atoms with Gasteiger partial charge in [0.1, 0.15) is 17.7 Å². The zero-order valence-corrected chi connectivity index (χ0v) is 15.0. The second kappa shape index (κ2) is 6.94. The Hall–Kier alpha value is -1.87. The van der Waals surface area contributed by atoms with Gasteiger partial charge in [-0.2, -0.15) is 0 Å². The van der Waals surface area contributed by atoms with Crippen molar-refractivity contribution in [3.8, 4) is 16.9 Å². The monoisotopic (exact) mass is 327 g/mol. The van der Waals surface area contributed by atoms with Gasteiger partial charge < -0.3 is 9.64 Å². The number of nitrogens with zero attached hydrogens (tertiary/aromatic N) is 1. The van der Waals surface area contributed by atoms with E-state index in [1.165, 1.54) is 11.1 Å². The van der Waals surface area contributed by atoms with Crippen molar-refractivity contribution < 1.29 is 9.13 Å². The maximum Gasteiger partial charge on any atom is 0.131 e. The summed E-state index contributed by atoms with van der Waals surface area (Å²) in [6, 6.07) is 9.41. The van der Waals surface area contributed by atoms with Gasteiger partial charge in [-0.15, -0.1) is 0 Å². The molecule has 1 unspecified atom stereocenters. The normalized spacial score (nSPS) is 16.3. The molecule has 3 heteroatoms. The zero-order chi connectivity index (χ0) is 17.3. The number of hydrogen-bond acceptors (Lipinski definition) is 2. The van der Waals surface area contributed by atoms with Crippen LogP contribution in [0.3, 0.4) is 0 Å².